The molecule has 0 amide bonds. The number of benzene rings is 1. The van der Waals surface area contributed by atoms with E-state index < -0.39 is 11.6 Å². The van der Waals surface area contributed by atoms with E-state index in [1.54, 1.807) is 12.2 Å². The normalized spacial score (nSPS) is 19.3. The lowest BCUT2D eigenvalue weighted by Gasteiger charge is -2.33. The monoisotopic (exact) mass is 318 g/mol. The summed E-state index contributed by atoms with van der Waals surface area (Å²) in [6.45, 7) is 7.63. The van der Waals surface area contributed by atoms with Crippen molar-refractivity contribution >= 4 is 12.0 Å². The number of aromatic hydroxyl groups is 1. The van der Waals surface area contributed by atoms with Gasteiger partial charge in [0.05, 0.1) is 0 Å². The molecule has 0 bridgehead atoms. The van der Waals surface area contributed by atoms with Gasteiger partial charge < -0.3 is 14.9 Å². The van der Waals surface area contributed by atoms with Crippen LogP contribution in [0.3, 0.4) is 0 Å². The molecule has 0 saturated carbocycles. The van der Waals surface area contributed by atoms with Gasteiger partial charge in [-0.15, -0.1) is 0 Å². The molecule has 0 aromatic heterocycles. The summed E-state index contributed by atoms with van der Waals surface area (Å²) in [7, 11) is 0. The Kier molecular flexibility index (Phi) is 5.03. The van der Waals surface area contributed by atoms with Crippen molar-refractivity contribution in [2.45, 2.75) is 65.4 Å². The van der Waals surface area contributed by atoms with Crippen molar-refractivity contribution in [3.63, 3.8) is 0 Å². The van der Waals surface area contributed by atoms with Gasteiger partial charge in [-0.1, -0.05) is 32.3 Å². The van der Waals surface area contributed by atoms with Gasteiger partial charge in [0, 0.05) is 17.5 Å². The fourth-order valence-electron chi connectivity index (χ4n) is 3.07. The first-order chi connectivity index (χ1) is 10.8. The second-order valence-corrected chi connectivity index (χ2v) is 6.41. The number of phenolic OH excluding ortho intramolecular Hbond substituents is 1. The number of hydrogen-bond acceptors (Lipinski definition) is 3. The van der Waals surface area contributed by atoms with Crippen LogP contribution in [0, 0.1) is 20.8 Å². The molecule has 1 aliphatic heterocycles. The zero-order chi connectivity index (χ0) is 17.2. The first-order valence-corrected chi connectivity index (χ1v) is 8.28. The van der Waals surface area contributed by atoms with Gasteiger partial charge in [0.15, 0.2) is 0 Å². The number of phenols is 1. The maximum absolute atomic E-state index is 11.9. The highest BCUT2D eigenvalue weighted by molar-refractivity contribution is 5.85. The van der Waals surface area contributed by atoms with Crippen molar-refractivity contribution in [3.05, 3.63) is 28.3 Å². The third-order valence-corrected chi connectivity index (χ3v) is 4.83. The van der Waals surface area contributed by atoms with Crippen LogP contribution in [0.4, 0.5) is 0 Å². The minimum Gasteiger partial charge on any atom is -0.507 e. The third kappa shape index (κ3) is 3.07. The van der Waals surface area contributed by atoms with Crippen LogP contribution < -0.4 is 4.74 Å². The van der Waals surface area contributed by atoms with Crippen molar-refractivity contribution in [2.75, 3.05) is 0 Å². The first-order valence-electron chi connectivity index (χ1n) is 8.28. The van der Waals surface area contributed by atoms with E-state index in [4.69, 9.17) is 4.74 Å². The second kappa shape index (κ2) is 6.65. The molecule has 1 aromatic carbocycles. The maximum Gasteiger partial charge on any atom is 0.352 e. The molecule has 1 aliphatic rings. The molecule has 0 aliphatic carbocycles. The zero-order valence-electron chi connectivity index (χ0n) is 14.4. The first kappa shape index (κ1) is 17.4. The van der Waals surface area contributed by atoms with E-state index in [1.165, 1.54) is 0 Å². The molecule has 1 unspecified atom stereocenters. The molecule has 1 heterocycles. The highest BCUT2D eigenvalue weighted by Crippen LogP contribution is 2.43. The van der Waals surface area contributed by atoms with Gasteiger partial charge in [-0.25, -0.2) is 4.79 Å². The van der Waals surface area contributed by atoms with Crippen molar-refractivity contribution in [2.24, 2.45) is 0 Å². The smallest absolute Gasteiger partial charge is 0.352 e. The lowest BCUT2D eigenvalue weighted by molar-refractivity contribution is -0.151. The van der Waals surface area contributed by atoms with Gasteiger partial charge in [-0.2, -0.15) is 0 Å². The molecule has 4 heteroatoms. The number of unbranched alkanes of at least 4 members (excludes halogenated alkanes) is 3. The number of carboxylic acids is 1. The Balaban J connectivity index is 2.39. The Morgan fingerprint density at radius 1 is 1.13 bits per heavy atom. The standard InChI is InChI=1S/C19H26O4/c1-5-6-7-8-10-19(18(21)22)11-9-15-14(4)16(20)12(2)13(3)17(15)23-19/h9,11,20H,5-8,10H2,1-4H3,(H,21,22). The molecular weight excluding hydrogens is 292 g/mol. The van der Waals surface area contributed by atoms with Crippen LogP contribution in [-0.2, 0) is 4.79 Å². The van der Waals surface area contributed by atoms with Crippen LogP contribution in [0.15, 0.2) is 6.08 Å². The Bertz CT molecular complexity index is 646. The topological polar surface area (TPSA) is 66.8 Å². The maximum atomic E-state index is 11.9. The summed E-state index contributed by atoms with van der Waals surface area (Å²) in [6, 6.07) is 0. The van der Waals surface area contributed by atoms with Crippen LogP contribution in [0.1, 0.15) is 61.3 Å². The number of hydrogen-bond donors (Lipinski definition) is 2. The number of carboxylic acid groups (broad SMARTS) is 1. The van der Waals surface area contributed by atoms with Gasteiger partial charge in [0.25, 0.3) is 0 Å². The average molecular weight is 318 g/mol. The molecule has 4 nitrogen and oxygen atoms in total. The summed E-state index contributed by atoms with van der Waals surface area (Å²) in [5.41, 5.74) is 1.73. The molecule has 1 aromatic rings. The largest absolute Gasteiger partial charge is 0.507 e. The van der Waals surface area contributed by atoms with Gasteiger partial charge in [-0.05, 0) is 44.4 Å². The van der Waals surface area contributed by atoms with Gasteiger partial charge in [0.2, 0.25) is 5.60 Å². The van der Waals surface area contributed by atoms with Gasteiger partial charge >= 0.3 is 5.97 Å². The van der Waals surface area contributed by atoms with E-state index in [1.807, 2.05) is 20.8 Å². The predicted molar refractivity (Wildman–Crippen MR) is 91.1 cm³/mol. The van der Waals surface area contributed by atoms with E-state index in [0.29, 0.717) is 12.2 Å². The van der Waals surface area contributed by atoms with Crippen molar-refractivity contribution in [3.8, 4) is 11.5 Å². The van der Waals surface area contributed by atoms with E-state index >= 15 is 0 Å². The lowest BCUT2D eigenvalue weighted by atomic mass is 9.88. The van der Waals surface area contributed by atoms with E-state index in [0.717, 1.165) is 47.9 Å². The van der Waals surface area contributed by atoms with Crippen LogP contribution in [0.5, 0.6) is 11.5 Å². The number of carbonyl (C=O) groups is 1. The highest BCUT2D eigenvalue weighted by atomic mass is 16.5. The molecular formula is C19H26O4. The highest BCUT2D eigenvalue weighted by Gasteiger charge is 2.41. The summed E-state index contributed by atoms with van der Waals surface area (Å²) < 4.78 is 6.01. The van der Waals surface area contributed by atoms with E-state index in [-0.39, 0.29) is 5.75 Å². The third-order valence-electron chi connectivity index (χ3n) is 4.83. The molecule has 0 spiro atoms. The quantitative estimate of drug-likeness (QED) is 0.757. The number of fused-ring (bicyclic) bond motifs is 1. The molecule has 2 N–H and O–H groups in total. The summed E-state index contributed by atoms with van der Waals surface area (Å²) in [5.74, 6) is -0.128. The zero-order valence-corrected chi connectivity index (χ0v) is 14.4. The molecule has 126 valence electrons. The summed E-state index contributed by atoms with van der Waals surface area (Å²) in [6.07, 6.45) is 7.89. The summed E-state index contributed by atoms with van der Waals surface area (Å²) in [5, 5.41) is 19.9. The molecule has 0 radical (unpaired) electrons. The predicted octanol–water partition coefficient (Wildman–Crippen LogP) is 4.52. The SMILES string of the molecule is CCCCCCC1(C(=O)O)C=Cc2c(C)c(O)c(C)c(C)c2O1. The van der Waals surface area contributed by atoms with Crippen LogP contribution in [0.25, 0.3) is 6.08 Å². The molecule has 1 atom stereocenters. The Morgan fingerprint density at radius 3 is 2.43 bits per heavy atom. The Morgan fingerprint density at radius 2 is 1.83 bits per heavy atom. The Hall–Kier alpha value is -1.97. The van der Waals surface area contributed by atoms with Gasteiger partial charge in [0.1, 0.15) is 11.5 Å². The van der Waals surface area contributed by atoms with Crippen LogP contribution in [-0.4, -0.2) is 21.8 Å². The molecule has 23 heavy (non-hydrogen) atoms. The van der Waals surface area contributed by atoms with Gasteiger partial charge in [-0.3, -0.25) is 0 Å². The minimum atomic E-state index is -1.30. The molecule has 0 saturated heterocycles. The minimum absolute atomic E-state index is 0.250. The summed E-state index contributed by atoms with van der Waals surface area (Å²) in [4.78, 5) is 11.9. The van der Waals surface area contributed by atoms with Crippen molar-refractivity contribution < 1.29 is 19.7 Å². The number of rotatable bonds is 6. The fourth-order valence-corrected chi connectivity index (χ4v) is 3.07. The van der Waals surface area contributed by atoms with Crippen molar-refractivity contribution in [1.82, 2.24) is 0 Å². The van der Waals surface area contributed by atoms with E-state index in [2.05, 4.69) is 6.92 Å². The fraction of sp³-hybridized carbons (Fsp3) is 0.526. The summed E-state index contributed by atoms with van der Waals surface area (Å²) >= 11 is 0. The lowest BCUT2D eigenvalue weighted by Crippen LogP contribution is -2.44. The molecule has 0 fully saturated rings. The number of ether oxygens (including phenoxy) is 1. The number of aliphatic carboxylic acids is 1. The van der Waals surface area contributed by atoms with E-state index in [9.17, 15) is 15.0 Å². The molecule has 2 rings (SSSR count). The van der Waals surface area contributed by atoms with Crippen LogP contribution in [0.2, 0.25) is 0 Å². The Labute approximate surface area is 137 Å². The second-order valence-electron chi connectivity index (χ2n) is 6.41. The average Bonchev–Trinajstić information content (AvgIpc) is 2.54. The van der Waals surface area contributed by atoms with Crippen molar-refractivity contribution in [1.29, 1.82) is 0 Å². The van der Waals surface area contributed by atoms with Crippen LogP contribution >= 0.6 is 0 Å².